The van der Waals surface area contributed by atoms with Crippen molar-refractivity contribution in [2.45, 2.75) is 0 Å². The Kier molecular flexibility index (Phi) is 17.3. The van der Waals surface area contributed by atoms with Crippen molar-refractivity contribution in [2.24, 2.45) is 10.2 Å². The zero-order chi connectivity index (χ0) is 31.7. The Morgan fingerprint density at radius 3 is 0.696 bits per heavy atom. The van der Waals surface area contributed by atoms with E-state index in [0.717, 1.165) is 34.4 Å². The van der Waals surface area contributed by atoms with Crippen LogP contribution in [0.15, 0.2) is 83.0 Å². The number of benzene rings is 3. The van der Waals surface area contributed by atoms with Gasteiger partial charge in [0.05, 0.1) is 90.7 Å². The quantitative estimate of drug-likeness (QED) is 0.315. The van der Waals surface area contributed by atoms with Gasteiger partial charge < -0.3 is 47.4 Å². The lowest BCUT2D eigenvalue weighted by Gasteiger charge is -2.10. The number of hydrogen-bond donors (Lipinski definition) is 0. The van der Waals surface area contributed by atoms with E-state index in [1.54, 1.807) is 0 Å². The number of rotatable bonds is 0. The molecule has 0 amide bonds. The van der Waals surface area contributed by atoms with E-state index < -0.39 is 0 Å². The second kappa shape index (κ2) is 22.7. The molecule has 0 radical (unpaired) electrons. The van der Waals surface area contributed by atoms with Crippen molar-refractivity contribution in [2.75, 3.05) is 106 Å². The summed E-state index contributed by atoms with van der Waals surface area (Å²) in [4.78, 5) is 0. The molecule has 12 heteroatoms. The van der Waals surface area contributed by atoms with Gasteiger partial charge in [0.2, 0.25) is 0 Å². The van der Waals surface area contributed by atoms with Crippen molar-refractivity contribution in [3.8, 4) is 23.0 Å². The molecule has 0 saturated carbocycles. The maximum Gasteiger partial charge on any atom is 0.119 e. The summed E-state index contributed by atoms with van der Waals surface area (Å²) in [6, 6.07) is 22.3. The molecule has 0 aromatic heterocycles. The molecule has 0 atom stereocenters. The molecular formula is C34H44N2O10. The summed E-state index contributed by atoms with van der Waals surface area (Å²) in [5, 5.41) is 8.58. The molecule has 46 heavy (non-hydrogen) atoms. The van der Waals surface area contributed by atoms with E-state index in [-0.39, 0.29) is 0 Å². The molecule has 6 aliphatic rings. The highest BCUT2D eigenvalue weighted by atomic mass is 16.6. The van der Waals surface area contributed by atoms with Crippen LogP contribution in [0, 0.1) is 0 Å². The average molecular weight is 641 g/mol. The van der Waals surface area contributed by atoms with Crippen LogP contribution in [-0.4, -0.2) is 106 Å². The molecule has 6 bridgehead atoms. The Balaban J connectivity index is 1.15. The summed E-state index contributed by atoms with van der Waals surface area (Å²) in [6.45, 7) is 7.49. The predicted molar refractivity (Wildman–Crippen MR) is 170 cm³/mol. The first-order valence-electron chi connectivity index (χ1n) is 15.5. The molecule has 250 valence electrons. The first-order valence-corrected chi connectivity index (χ1v) is 15.5. The first-order chi connectivity index (χ1) is 22.8. The van der Waals surface area contributed by atoms with Crippen LogP contribution in [-0.2, 0) is 28.4 Å². The van der Waals surface area contributed by atoms with Gasteiger partial charge in [-0.15, -0.1) is 0 Å². The molecule has 6 aliphatic heterocycles. The monoisotopic (exact) mass is 640 g/mol. The third kappa shape index (κ3) is 15.5. The molecule has 3 aromatic rings. The number of azo groups is 1. The van der Waals surface area contributed by atoms with Gasteiger partial charge in [-0.2, -0.15) is 10.2 Å². The third-order valence-electron chi connectivity index (χ3n) is 6.25. The summed E-state index contributed by atoms with van der Waals surface area (Å²) < 4.78 is 56.2. The van der Waals surface area contributed by atoms with Gasteiger partial charge in [-0.3, -0.25) is 0 Å². The van der Waals surface area contributed by atoms with Gasteiger partial charge in [0.1, 0.15) is 49.4 Å². The number of hydrogen-bond acceptors (Lipinski definition) is 12. The number of nitrogens with zero attached hydrogens (tertiary/aromatic N) is 2. The second-order valence-electron chi connectivity index (χ2n) is 9.73. The van der Waals surface area contributed by atoms with E-state index in [1.807, 2.05) is 72.8 Å². The van der Waals surface area contributed by atoms with Crippen molar-refractivity contribution in [1.82, 2.24) is 0 Å². The lowest BCUT2D eigenvalue weighted by Crippen LogP contribution is -2.14. The fourth-order valence-corrected chi connectivity index (χ4v) is 3.92. The zero-order valence-corrected chi connectivity index (χ0v) is 26.2. The van der Waals surface area contributed by atoms with Gasteiger partial charge in [0, 0.05) is 0 Å². The van der Waals surface area contributed by atoms with Crippen LogP contribution in [0.2, 0.25) is 0 Å². The molecule has 0 fully saturated rings. The molecule has 0 aliphatic carbocycles. The van der Waals surface area contributed by atoms with Gasteiger partial charge >= 0.3 is 0 Å². The molecule has 0 N–H and O–H groups in total. The topological polar surface area (TPSA) is 117 Å². The molecule has 0 saturated heterocycles. The third-order valence-corrected chi connectivity index (χ3v) is 6.25. The highest BCUT2D eigenvalue weighted by molar-refractivity contribution is 5.44. The summed E-state index contributed by atoms with van der Waals surface area (Å²) in [5.74, 6) is 2.97. The fourth-order valence-electron chi connectivity index (χ4n) is 3.92. The molecule has 0 unspecified atom stereocenters. The Morgan fingerprint density at radius 1 is 0.261 bits per heavy atom. The average Bonchev–Trinajstić information content (AvgIpc) is 3.09. The normalized spacial score (nSPS) is 18.0. The van der Waals surface area contributed by atoms with Crippen LogP contribution in [0.25, 0.3) is 0 Å². The Hall–Kier alpha value is -3.78. The van der Waals surface area contributed by atoms with Gasteiger partial charge in [-0.1, -0.05) is 0 Å². The van der Waals surface area contributed by atoms with Crippen molar-refractivity contribution in [1.29, 1.82) is 0 Å². The van der Waals surface area contributed by atoms with Crippen molar-refractivity contribution in [3.05, 3.63) is 72.8 Å². The summed E-state index contributed by atoms with van der Waals surface area (Å²) in [6.07, 6.45) is 0. The molecule has 3 aromatic carbocycles. The highest BCUT2D eigenvalue weighted by Gasteiger charge is 2.01. The van der Waals surface area contributed by atoms with Crippen LogP contribution in [0.1, 0.15) is 0 Å². The van der Waals surface area contributed by atoms with Gasteiger partial charge in [-0.05, 0) is 72.8 Å². The first kappa shape index (κ1) is 35.1. The van der Waals surface area contributed by atoms with Crippen LogP contribution >= 0.6 is 0 Å². The van der Waals surface area contributed by atoms with E-state index in [4.69, 9.17) is 47.4 Å². The predicted octanol–water partition coefficient (Wildman–Crippen LogP) is 5.43. The van der Waals surface area contributed by atoms with Crippen molar-refractivity contribution >= 4 is 11.4 Å². The van der Waals surface area contributed by atoms with Gasteiger partial charge in [0.15, 0.2) is 0 Å². The molecular weight excluding hydrogens is 596 g/mol. The van der Waals surface area contributed by atoms with E-state index in [1.165, 1.54) is 0 Å². The van der Waals surface area contributed by atoms with Crippen LogP contribution in [0.5, 0.6) is 23.0 Å². The van der Waals surface area contributed by atoms with E-state index >= 15 is 0 Å². The Morgan fingerprint density at radius 2 is 0.457 bits per heavy atom. The van der Waals surface area contributed by atoms with Crippen LogP contribution < -0.4 is 18.9 Å². The zero-order valence-electron chi connectivity index (χ0n) is 26.2. The van der Waals surface area contributed by atoms with E-state index in [9.17, 15) is 0 Å². The minimum absolute atomic E-state index is 0.434. The summed E-state index contributed by atoms with van der Waals surface area (Å²) in [5.41, 5.74) is 1.44. The smallest absolute Gasteiger partial charge is 0.119 e. The maximum absolute atomic E-state index is 5.73. The lowest BCUT2D eigenvalue weighted by atomic mass is 10.3. The van der Waals surface area contributed by atoms with Crippen LogP contribution in [0.3, 0.4) is 0 Å². The minimum atomic E-state index is 0.434. The summed E-state index contributed by atoms with van der Waals surface area (Å²) in [7, 11) is 0. The number of ether oxygens (including phenoxy) is 10. The largest absolute Gasteiger partial charge is 0.491 e. The second-order valence-corrected chi connectivity index (χ2v) is 9.73. The standard InChI is InChI=1S/C34H44N2O10/c1-5-31-6-2-29(1)35-36-30-3-7-32(8-4-30)44-26-22-40-18-14-38-16-20-42-24-28-46-34-11-9-33(10-12-34)45-27-23-41-19-15-37-13-17-39-21-25-43-31/h1-12H,13-28H2. The summed E-state index contributed by atoms with van der Waals surface area (Å²) >= 11 is 0. The van der Waals surface area contributed by atoms with E-state index in [2.05, 4.69) is 10.2 Å². The Labute approximate surface area is 270 Å². The fraction of sp³-hybridized carbons (Fsp3) is 0.471. The van der Waals surface area contributed by atoms with E-state index in [0.29, 0.717) is 106 Å². The Bertz CT molecular complexity index is 1120. The molecule has 6 heterocycles. The maximum atomic E-state index is 5.73. The van der Waals surface area contributed by atoms with Gasteiger partial charge in [0.25, 0.3) is 0 Å². The molecule has 9 rings (SSSR count). The molecule has 0 spiro atoms. The SMILES string of the molecule is c1cc2ccc1N=Nc1ccc(cc1)OCCOCCOCCOCCOc1ccc(cc1)OCCOCCOCCOCCO2. The van der Waals surface area contributed by atoms with Crippen molar-refractivity contribution in [3.63, 3.8) is 0 Å². The minimum Gasteiger partial charge on any atom is -0.491 e. The highest BCUT2D eigenvalue weighted by Crippen LogP contribution is 2.23. The lowest BCUT2D eigenvalue weighted by molar-refractivity contribution is 0.00483. The molecule has 12 nitrogen and oxygen atoms in total. The van der Waals surface area contributed by atoms with Crippen LogP contribution in [0.4, 0.5) is 11.4 Å². The van der Waals surface area contributed by atoms with Crippen molar-refractivity contribution < 1.29 is 47.4 Å². The van der Waals surface area contributed by atoms with Gasteiger partial charge in [-0.25, -0.2) is 0 Å².